The Morgan fingerprint density at radius 2 is 1.88 bits per heavy atom. The molecule has 2 heterocycles. The van der Waals surface area contributed by atoms with Crippen molar-refractivity contribution in [3.63, 3.8) is 0 Å². The van der Waals surface area contributed by atoms with Gasteiger partial charge in [0.05, 0.1) is 18.6 Å². The summed E-state index contributed by atoms with van der Waals surface area (Å²) in [6.45, 7) is -0.573. The average molecular weight is 384 g/mol. The van der Waals surface area contributed by atoms with Gasteiger partial charge in [-0.2, -0.15) is 0 Å². The average Bonchev–Trinajstić information content (AvgIpc) is 3.09. The summed E-state index contributed by atoms with van der Waals surface area (Å²) in [5.74, 6) is 1.23. The van der Waals surface area contributed by atoms with E-state index in [9.17, 15) is 19.7 Å². The molecule has 8 heteroatoms. The highest BCUT2D eigenvalue weighted by atomic mass is 32.1. The molecule has 3 N–H and O–H groups in total. The Morgan fingerprint density at radius 3 is 2.54 bits per heavy atom. The fourth-order valence-corrected chi connectivity index (χ4v) is 3.59. The molecule has 0 radical (unpaired) electrons. The Bertz CT molecular complexity index is 704. The van der Waals surface area contributed by atoms with Crippen LogP contribution in [0.25, 0.3) is 0 Å². The predicted octanol–water partition coefficient (Wildman–Crippen LogP) is 1.50. The second kappa shape index (κ2) is 8.32. The molecule has 5 unspecified atom stereocenters. The Balaban J connectivity index is 1.71. The van der Waals surface area contributed by atoms with Crippen molar-refractivity contribution in [1.82, 2.24) is 0 Å². The number of methoxy groups -OCH3 is 1. The van der Waals surface area contributed by atoms with Crippen molar-refractivity contribution in [1.29, 1.82) is 0 Å². The number of rotatable bonds is 6. The van der Waals surface area contributed by atoms with E-state index >= 15 is 0 Å². The molecule has 0 spiro atoms. The number of aliphatic hydroxyl groups is 3. The Kier molecular flexibility index (Phi) is 6.10. The van der Waals surface area contributed by atoms with Gasteiger partial charge in [0.15, 0.2) is 6.17 Å². The normalized spacial score (nSPS) is 28.7. The molecule has 26 heavy (non-hydrogen) atoms. The number of aliphatic hydroxyl groups excluding tert-OH is 3. The maximum Gasteiger partial charge on any atom is 0.229 e. The van der Waals surface area contributed by atoms with Crippen LogP contribution in [-0.2, 0) is 11.2 Å². The summed E-state index contributed by atoms with van der Waals surface area (Å²) in [6, 6.07) is 9.30. The molecular formula is C18H21FO6S. The lowest BCUT2D eigenvalue weighted by molar-refractivity contribution is -0.265. The lowest BCUT2D eigenvalue weighted by atomic mass is 10.0. The highest BCUT2D eigenvalue weighted by Crippen LogP contribution is 2.32. The Labute approximate surface area is 154 Å². The van der Waals surface area contributed by atoms with E-state index in [0.717, 1.165) is 16.2 Å². The SMILES string of the molecule is COc1ccc(Cc2sccc2OC2OC(CO)C(O)C(F)C2O)cc1. The number of hydrogen-bond donors (Lipinski definition) is 3. The first-order valence-corrected chi connectivity index (χ1v) is 9.04. The van der Waals surface area contributed by atoms with Crippen molar-refractivity contribution in [2.45, 2.75) is 37.2 Å². The van der Waals surface area contributed by atoms with Crippen molar-refractivity contribution in [3.05, 3.63) is 46.2 Å². The first-order chi connectivity index (χ1) is 12.5. The van der Waals surface area contributed by atoms with Gasteiger partial charge in [0.25, 0.3) is 0 Å². The van der Waals surface area contributed by atoms with Gasteiger partial charge in [-0.3, -0.25) is 0 Å². The van der Waals surface area contributed by atoms with Gasteiger partial charge < -0.3 is 29.5 Å². The molecule has 0 amide bonds. The highest BCUT2D eigenvalue weighted by Gasteiger charge is 2.46. The first-order valence-electron chi connectivity index (χ1n) is 8.16. The number of hydrogen-bond acceptors (Lipinski definition) is 7. The van der Waals surface area contributed by atoms with Gasteiger partial charge in [0.2, 0.25) is 6.29 Å². The largest absolute Gasteiger partial charge is 0.497 e. The van der Waals surface area contributed by atoms with Gasteiger partial charge in [-0.1, -0.05) is 12.1 Å². The van der Waals surface area contributed by atoms with Crippen LogP contribution in [0.1, 0.15) is 10.4 Å². The maximum absolute atomic E-state index is 14.0. The molecule has 1 aliphatic rings. The summed E-state index contributed by atoms with van der Waals surface area (Å²) in [4.78, 5) is 0.882. The van der Waals surface area contributed by atoms with Crippen LogP contribution in [0.2, 0.25) is 0 Å². The number of halogens is 1. The summed E-state index contributed by atoms with van der Waals surface area (Å²) < 4.78 is 30.1. The molecule has 1 aromatic heterocycles. The Hall–Kier alpha value is -1.71. The van der Waals surface area contributed by atoms with Gasteiger partial charge in [-0.15, -0.1) is 11.3 Å². The van der Waals surface area contributed by atoms with Crippen LogP contribution in [0, 0.1) is 0 Å². The third kappa shape index (κ3) is 3.99. The summed E-state index contributed by atoms with van der Waals surface area (Å²) in [6.07, 6.45) is -7.09. The molecule has 3 rings (SSSR count). The van der Waals surface area contributed by atoms with Crippen molar-refractivity contribution >= 4 is 11.3 Å². The third-order valence-corrected chi connectivity index (χ3v) is 5.17. The van der Waals surface area contributed by atoms with Gasteiger partial charge >= 0.3 is 0 Å². The summed E-state index contributed by atoms with van der Waals surface area (Å²) in [5, 5.41) is 30.7. The Morgan fingerprint density at radius 1 is 1.15 bits per heavy atom. The molecular weight excluding hydrogens is 363 g/mol. The minimum Gasteiger partial charge on any atom is -0.497 e. The molecule has 6 nitrogen and oxygen atoms in total. The number of benzene rings is 1. The van der Waals surface area contributed by atoms with E-state index < -0.39 is 37.4 Å². The van der Waals surface area contributed by atoms with Crippen LogP contribution >= 0.6 is 11.3 Å². The first kappa shape index (κ1) is 19.1. The standard InChI is InChI=1S/C18H21FO6S/c1-23-11-4-2-10(3-5-11)8-14-12(6-7-26-14)24-18-17(22)15(19)16(21)13(9-20)25-18/h2-7,13,15-18,20-22H,8-9H2,1H3. The van der Waals surface area contributed by atoms with E-state index in [1.54, 1.807) is 13.2 Å². The van der Waals surface area contributed by atoms with Crippen LogP contribution in [0.15, 0.2) is 35.7 Å². The summed E-state index contributed by atoms with van der Waals surface area (Å²) in [7, 11) is 1.60. The second-order valence-electron chi connectivity index (χ2n) is 6.00. The summed E-state index contributed by atoms with van der Waals surface area (Å²) >= 11 is 1.47. The molecule has 0 saturated carbocycles. The van der Waals surface area contributed by atoms with Gasteiger partial charge in [-0.25, -0.2) is 4.39 Å². The van der Waals surface area contributed by atoms with E-state index in [4.69, 9.17) is 14.2 Å². The molecule has 1 fully saturated rings. The van der Waals surface area contributed by atoms with Gasteiger partial charge in [-0.05, 0) is 29.1 Å². The molecule has 1 aromatic carbocycles. The molecule has 5 atom stereocenters. The van der Waals surface area contributed by atoms with Crippen LogP contribution in [-0.4, -0.2) is 59.8 Å². The third-order valence-electron chi connectivity index (χ3n) is 4.27. The van der Waals surface area contributed by atoms with Crippen LogP contribution < -0.4 is 9.47 Å². The van der Waals surface area contributed by atoms with E-state index in [0.29, 0.717) is 12.2 Å². The zero-order valence-corrected chi connectivity index (χ0v) is 14.9. The van der Waals surface area contributed by atoms with Gasteiger partial charge in [0.1, 0.15) is 29.8 Å². The zero-order valence-electron chi connectivity index (χ0n) is 14.1. The van der Waals surface area contributed by atoms with E-state index in [1.165, 1.54) is 11.3 Å². The molecule has 0 bridgehead atoms. The van der Waals surface area contributed by atoms with E-state index in [-0.39, 0.29) is 0 Å². The lowest BCUT2D eigenvalue weighted by Crippen LogP contribution is -2.58. The number of alkyl halides is 1. The van der Waals surface area contributed by atoms with Gasteiger partial charge in [0, 0.05) is 6.42 Å². The summed E-state index contributed by atoms with van der Waals surface area (Å²) in [5.41, 5.74) is 1.04. The smallest absolute Gasteiger partial charge is 0.229 e. The molecule has 2 aromatic rings. The maximum atomic E-state index is 14.0. The quantitative estimate of drug-likeness (QED) is 0.700. The van der Waals surface area contributed by atoms with Crippen molar-refractivity contribution in [2.75, 3.05) is 13.7 Å². The number of ether oxygens (including phenoxy) is 3. The van der Waals surface area contributed by atoms with Crippen molar-refractivity contribution < 1.29 is 33.9 Å². The lowest BCUT2D eigenvalue weighted by Gasteiger charge is -2.38. The molecule has 1 saturated heterocycles. The minimum atomic E-state index is -1.96. The fraction of sp³-hybridized carbons (Fsp3) is 0.444. The monoisotopic (exact) mass is 384 g/mol. The topological polar surface area (TPSA) is 88.4 Å². The van der Waals surface area contributed by atoms with Crippen molar-refractivity contribution in [3.8, 4) is 11.5 Å². The zero-order chi connectivity index (χ0) is 18.7. The minimum absolute atomic E-state index is 0.468. The van der Waals surface area contributed by atoms with Crippen molar-refractivity contribution in [2.24, 2.45) is 0 Å². The highest BCUT2D eigenvalue weighted by molar-refractivity contribution is 7.10. The fourth-order valence-electron chi connectivity index (χ4n) is 2.76. The predicted molar refractivity (Wildman–Crippen MR) is 93.4 cm³/mol. The van der Waals surface area contributed by atoms with Crippen LogP contribution in [0.5, 0.6) is 11.5 Å². The van der Waals surface area contributed by atoms with E-state index in [1.807, 2.05) is 29.6 Å². The molecule has 1 aliphatic heterocycles. The van der Waals surface area contributed by atoms with Crippen LogP contribution in [0.3, 0.4) is 0 Å². The molecule has 0 aliphatic carbocycles. The second-order valence-corrected chi connectivity index (χ2v) is 7.00. The molecule has 142 valence electrons. The van der Waals surface area contributed by atoms with E-state index in [2.05, 4.69) is 0 Å². The van der Waals surface area contributed by atoms with Crippen LogP contribution in [0.4, 0.5) is 4.39 Å². The number of thiophene rings is 1.